The molecule has 0 atom stereocenters. The molecule has 0 aliphatic heterocycles. The van der Waals surface area contributed by atoms with Crippen molar-refractivity contribution < 1.29 is 27.1 Å². The Hall–Kier alpha value is -4.00. The van der Waals surface area contributed by atoms with E-state index in [0.717, 1.165) is 22.9 Å². The molecule has 4 aromatic rings. The van der Waals surface area contributed by atoms with Gasteiger partial charge in [0.25, 0.3) is 0 Å². The molecule has 0 bridgehead atoms. The summed E-state index contributed by atoms with van der Waals surface area (Å²) in [5.74, 6) is -10.8. The van der Waals surface area contributed by atoms with Crippen molar-refractivity contribution in [3.63, 3.8) is 0 Å². The largest absolute Gasteiger partial charge is 0.507 e. The molecule has 4 aromatic carbocycles. The molecule has 0 saturated heterocycles. The summed E-state index contributed by atoms with van der Waals surface area (Å²) in [7, 11) is 0. The molecule has 0 saturated carbocycles. The average molecular weight is 524 g/mol. The molecule has 0 radical (unpaired) electrons. The second-order valence-corrected chi connectivity index (χ2v) is 10.1. The SMILES string of the molecule is CC(C)(c1ccccc1)c1cc(C=Nc2c(F)c(F)c(F)c(F)c2F)c(O)c(C(C)(C)c2ccccc2)c1. The normalized spacial score (nSPS) is 12.3. The first kappa shape index (κ1) is 27.0. The number of hydrogen-bond acceptors (Lipinski definition) is 2. The van der Waals surface area contributed by atoms with E-state index in [0.29, 0.717) is 5.56 Å². The lowest BCUT2D eigenvalue weighted by Crippen LogP contribution is -2.24. The number of rotatable bonds is 6. The molecule has 0 spiro atoms. The highest BCUT2D eigenvalue weighted by atomic mass is 19.2. The predicted molar refractivity (Wildman–Crippen MR) is 139 cm³/mol. The lowest BCUT2D eigenvalue weighted by molar-refractivity contribution is 0.381. The van der Waals surface area contributed by atoms with Crippen molar-refractivity contribution in [2.45, 2.75) is 38.5 Å². The van der Waals surface area contributed by atoms with Gasteiger partial charge in [-0.25, -0.2) is 26.9 Å². The summed E-state index contributed by atoms with van der Waals surface area (Å²) in [5, 5.41) is 11.3. The number of benzene rings is 4. The van der Waals surface area contributed by atoms with Gasteiger partial charge in [0.2, 0.25) is 5.82 Å². The summed E-state index contributed by atoms with van der Waals surface area (Å²) in [6.45, 7) is 7.81. The van der Waals surface area contributed by atoms with Crippen molar-refractivity contribution in [3.8, 4) is 5.75 Å². The van der Waals surface area contributed by atoms with Crippen LogP contribution in [-0.2, 0) is 10.8 Å². The number of phenolic OH excluding ortho intramolecular Hbond substituents is 1. The summed E-state index contributed by atoms with van der Waals surface area (Å²) in [5.41, 5.74) is 0.546. The zero-order chi connectivity index (χ0) is 27.8. The molecule has 0 heterocycles. The first-order chi connectivity index (χ1) is 17.9. The number of aliphatic imine (C=N–C) groups is 1. The van der Waals surface area contributed by atoms with Gasteiger partial charge in [0.15, 0.2) is 23.3 Å². The van der Waals surface area contributed by atoms with Gasteiger partial charge >= 0.3 is 0 Å². The van der Waals surface area contributed by atoms with Crippen LogP contribution in [0.1, 0.15) is 55.5 Å². The minimum absolute atomic E-state index is 0.0643. The van der Waals surface area contributed by atoms with Gasteiger partial charge in [0.1, 0.15) is 11.4 Å². The molecule has 196 valence electrons. The maximum atomic E-state index is 14.3. The van der Waals surface area contributed by atoms with Crippen LogP contribution in [0.25, 0.3) is 0 Å². The predicted octanol–water partition coefficient (Wildman–Crippen LogP) is 8.49. The van der Waals surface area contributed by atoms with E-state index < -0.39 is 45.6 Å². The zero-order valence-corrected chi connectivity index (χ0v) is 21.3. The van der Waals surface area contributed by atoms with E-state index in [4.69, 9.17) is 0 Å². The number of aromatic hydroxyl groups is 1. The average Bonchev–Trinajstić information content (AvgIpc) is 2.92. The molecule has 0 aliphatic rings. The van der Waals surface area contributed by atoms with Gasteiger partial charge in [0, 0.05) is 28.2 Å². The van der Waals surface area contributed by atoms with Gasteiger partial charge in [-0.3, -0.25) is 0 Å². The fourth-order valence-corrected chi connectivity index (χ4v) is 4.47. The minimum atomic E-state index is -2.26. The molecule has 2 nitrogen and oxygen atoms in total. The van der Waals surface area contributed by atoms with Crippen molar-refractivity contribution >= 4 is 11.9 Å². The fraction of sp³-hybridized carbons (Fsp3) is 0.194. The van der Waals surface area contributed by atoms with Crippen LogP contribution < -0.4 is 0 Å². The van der Waals surface area contributed by atoms with Crippen molar-refractivity contribution in [3.05, 3.63) is 130 Å². The van der Waals surface area contributed by atoms with Gasteiger partial charge in [0.05, 0.1) is 0 Å². The Morgan fingerprint density at radius 3 is 1.55 bits per heavy atom. The summed E-state index contributed by atoms with van der Waals surface area (Å²) in [4.78, 5) is 3.61. The van der Waals surface area contributed by atoms with Crippen molar-refractivity contribution in [1.29, 1.82) is 0 Å². The van der Waals surface area contributed by atoms with E-state index in [-0.39, 0.29) is 11.3 Å². The Bertz CT molecular complexity index is 1480. The quantitative estimate of drug-likeness (QED) is 0.117. The van der Waals surface area contributed by atoms with Crippen LogP contribution in [0, 0.1) is 29.1 Å². The van der Waals surface area contributed by atoms with E-state index in [2.05, 4.69) is 4.99 Å². The monoisotopic (exact) mass is 523 g/mol. The Kier molecular flexibility index (Phi) is 7.15. The van der Waals surface area contributed by atoms with E-state index in [1.807, 2.05) is 94.4 Å². The number of phenols is 1. The molecule has 4 rings (SSSR count). The van der Waals surface area contributed by atoms with Crippen LogP contribution >= 0.6 is 0 Å². The third-order valence-corrected chi connectivity index (χ3v) is 7.04. The summed E-state index contributed by atoms with van der Waals surface area (Å²) >= 11 is 0. The topological polar surface area (TPSA) is 32.6 Å². The van der Waals surface area contributed by atoms with Crippen LogP contribution in [0.2, 0.25) is 0 Å². The fourth-order valence-electron chi connectivity index (χ4n) is 4.47. The highest BCUT2D eigenvalue weighted by molar-refractivity contribution is 5.87. The molecule has 1 N–H and O–H groups in total. The molecule has 0 aromatic heterocycles. The maximum absolute atomic E-state index is 14.3. The first-order valence-electron chi connectivity index (χ1n) is 11.9. The van der Waals surface area contributed by atoms with Gasteiger partial charge in [-0.2, -0.15) is 0 Å². The second kappa shape index (κ2) is 10.0. The van der Waals surface area contributed by atoms with Gasteiger partial charge in [-0.1, -0.05) is 94.4 Å². The second-order valence-electron chi connectivity index (χ2n) is 10.1. The van der Waals surface area contributed by atoms with Gasteiger partial charge in [-0.15, -0.1) is 0 Å². The van der Waals surface area contributed by atoms with Crippen molar-refractivity contribution in [2.24, 2.45) is 4.99 Å². The molecule has 0 fully saturated rings. The van der Waals surface area contributed by atoms with Crippen molar-refractivity contribution in [1.82, 2.24) is 0 Å². The Labute approximate surface area is 218 Å². The molecule has 0 unspecified atom stereocenters. The molecule has 38 heavy (non-hydrogen) atoms. The van der Waals surface area contributed by atoms with Crippen LogP contribution in [0.4, 0.5) is 27.6 Å². The van der Waals surface area contributed by atoms with E-state index in [1.165, 1.54) is 0 Å². The van der Waals surface area contributed by atoms with Crippen LogP contribution in [0.3, 0.4) is 0 Å². The van der Waals surface area contributed by atoms with Crippen LogP contribution in [0.15, 0.2) is 77.8 Å². The Balaban J connectivity index is 1.96. The highest BCUT2D eigenvalue weighted by Crippen LogP contribution is 2.42. The first-order valence-corrected chi connectivity index (χ1v) is 11.9. The molecular formula is C31H26F5NO. The number of nitrogens with zero attached hydrogens (tertiary/aromatic N) is 1. The highest BCUT2D eigenvalue weighted by Gasteiger charge is 2.32. The Morgan fingerprint density at radius 1 is 0.605 bits per heavy atom. The third-order valence-electron chi connectivity index (χ3n) is 7.04. The zero-order valence-electron chi connectivity index (χ0n) is 21.3. The van der Waals surface area contributed by atoms with Crippen LogP contribution in [0.5, 0.6) is 5.75 Å². The molecule has 0 amide bonds. The smallest absolute Gasteiger partial charge is 0.200 e. The standard InChI is InChI=1S/C31H26F5NO/c1-30(2,19-11-7-5-8-12-19)21-15-18(17-37-28-26(35)24(33)23(32)25(34)27(28)36)29(38)22(16-21)31(3,4)20-13-9-6-10-14-20/h5-17,38H,1-4H3. The number of hydrogen-bond donors (Lipinski definition) is 1. The van der Waals surface area contributed by atoms with Gasteiger partial charge < -0.3 is 5.11 Å². The lowest BCUT2D eigenvalue weighted by atomic mass is 9.72. The number of halogens is 5. The maximum Gasteiger partial charge on any atom is 0.200 e. The molecule has 0 aliphatic carbocycles. The Morgan fingerprint density at radius 2 is 1.05 bits per heavy atom. The summed E-state index contributed by atoms with van der Waals surface area (Å²) in [6, 6.07) is 22.5. The van der Waals surface area contributed by atoms with E-state index in [9.17, 15) is 27.1 Å². The van der Waals surface area contributed by atoms with E-state index in [1.54, 1.807) is 6.07 Å². The minimum Gasteiger partial charge on any atom is -0.507 e. The van der Waals surface area contributed by atoms with Crippen LogP contribution in [-0.4, -0.2) is 11.3 Å². The van der Waals surface area contributed by atoms with Crippen molar-refractivity contribution in [2.75, 3.05) is 0 Å². The molecule has 7 heteroatoms. The lowest BCUT2D eigenvalue weighted by Gasteiger charge is -2.32. The third kappa shape index (κ3) is 4.69. The van der Waals surface area contributed by atoms with Gasteiger partial charge in [-0.05, 0) is 22.8 Å². The summed E-state index contributed by atoms with van der Waals surface area (Å²) < 4.78 is 69.6. The van der Waals surface area contributed by atoms with E-state index >= 15 is 0 Å². The molecular weight excluding hydrogens is 497 g/mol. The summed E-state index contributed by atoms with van der Waals surface area (Å²) in [6.07, 6.45) is 0.919.